The third-order valence-electron chi connectivity index (χ3n) is 4.01. The molecule has 0 aliphatic carbocycles. The van der Waals surface area contributed by atoms with Crippen molar-refractivity contribution in [3.05, 3.63) is 33.9 Å². The molecule has 1 aromatic rings. The van der Waals surface area contributed by atoms with Crippen LogP contribution in [0.2, 0.25) is 0 Å². The summed E-state index contributed by atoms with van der Waals surface area (Å²) in [5, 5.41) is 10.9. The van der Waals surface area contributed by atoms with Crippen LogP contribution in [0.4, 0.5) is 11.4 Å². The first-order valence-electron chi connectivity index (χ1n) is 6.62. The Morgan fingerprint density at radius 3 is 2.53 bits per heavy atom. The van der Waals surface area contributed by atoms with Crippen LogP contribution in [-0.2, 0) is 0 Å². The van der Waals surface area contributed by atoms with Gasteiger partial charge in [0.05, 0.1) is 4.92 Å². The zero-order chi connectivity index (χ0) is 14.2. The number of aryl methyl sites for hydroxylation is 1. The fourth-order valence-corrected chi connectivity index (χ4v) is 2.68. The van der Waals surface area contributed by atoms with Gasteiger partial charge in [-0.3, -0.25) is 15.0 Å². The highest BCUT2D eigenvalue weighted by molar-refractivity contribution is 5.56. The number of piperazine rings is 1. The third kappa shape index (κ3) is 2.71. The van der Waals surface area contributed by atoms with Crippen LogP contribution in [0.15, 0.2) is 18.2 Å². The number of hydrogen-bond donors (Lipinski definition) is 0. The fourth-order valence-electron chi connectivity index (χ4n) is 2.68. The van der Waals surface area contributed by atoms with Gasteiger partial charge in [-0.25, -0.2) is 0 Å². The smallest absolute Gasteiger partial charge is 0.272 e. The summed E-state index contributed by atoms with van der Waals surface area (Å²) in [7, 11) is 2.14. The molecule has 0 aromatic heterocycles. The van der Waals surface area contributed by atoms with Gasteiger partial charge < -0.3 is 4.90 Å². The SMILES string of the molecule is Cc1cc(N2C[C@@H](C)N(C)C[C@H]2C)ccc1[N+](=O)[O-]. The van der Waals surface area contributed by atoms with Crippen LogP contribution in [0.25, 0.3) is 0 Å². The molecule has 1 fully saturated rings. The minimum Gasteiger partial charge on any atom is -0.366 e. The predicted molar refractivity (Wildman–Crippen MR) is 76.7 cm³/mol. The molecule has 2 rings (SSSR count). The van der Waals surface area contributed by atoms with Crippen LogP contribution in [-0.4, -0.2) is 42.0 Å². The standard InChI is InChI=1S/C14H21N3O2/c1-10-7-13(5-6-14(10)17(18)19)16-9-11(2)15(4)8-12(16)3/h5-7,11-12H,8-9H2,1-4H3/t11-,12-/m1/s1. The van der Waals surface area contributed by atoms with Crippen molar-refractivity contribution in [2.45, 2.75) is 32.9 Å². The normalized spacial score (nSPS) is 24.5. The molecule has 1 aliphatic rings. The summed E-state index contributed by atoms with van der Waals surface area (Å²) >= 11 is 0. The first-order chi connectivity index (χ1) is 8.90. The van der Waals surface area contributed by atoms with E-state index in [9.17, 15) is 10.1 Å². The summed E-state index contributed by atoms with van der Waals surface area (Å²) in [5.74, 6) is 0. The van der Waals surface area contributed by atoms with E-state index in [0.29, 0.717) is 12.1 Å². The van der Waals surface area contributed by atoms with Crippen molar-refractivity contribution < 1.29 is 4.92 Å². The van der Waals surface area contributed by atoms with Crippen LogP contribution >= 0.6 is 0 Å². The number of benzene rings is 1. The second kappa shape index (κ2) is 5.17. The van der Waals surface area contributed by atoms with Gasteiger partial charge in [0.1, 0.15) is 0 Å². The van der Waals surface area contributed by atoms with E-state index in [-0.39, 0.29) is 10.6 Å². The molecule has 0 radical (unpaired) electrons. The summed E-state index contributed by atoms with van der Waals surface area (Å²) in [6, 6.07) is 6.31. The highest BCUT2D eigenvalue weighted by Crippen LogP contribution is 2.27. The Hall–Kier alpha value is -1.62. The minimum absolute atomic E-state index is 0.193. The molecule has 1 saturated heterocycles. The Labute approximate surface area is 114 Å². The highest BCUT2D eigenvalue weighted by Gasteiger charge is 2.27. The van der Waals surface area contributed by atoms with E-state index in [1.54, 1.807) is 13.0 Å². The largest absolute Gasteiger partial charge is 0.366 e. The molecule has 1 heterocycles. The zero-order valence-electron chi connectivity index (χ0n) is 12.0. The molecule has 104 valence electrons. The predicted octanol–water partition coefficient (Wildman–Crippen LogP) is 2.43. The lowest BCUT2D eigenvalue weighted by Crippen LogP contribution is -2.55. The van der Waals surface area contributed by atoms with Crippen molar-refractivity contribution in [2.75, 3.05) is 25.0 Å². The highest BCUT2D eigenvalue weighted by atomic mass is 16.6. The third-order valence-corrected chi connectivity index (χ3v) is 4.01. The van der Waals surface area contributed by atoms with Gasteiger partial charge in [0.15, 0.2) is 0 Å². The molecule has 0 spiro atoms. The van der Waals surface area contributed by atoms with Crippen molar-refractivity contribution >= 4 is 11.4 Å². The van der Waals surface area contributed by atoms with E-state index < -0.39 is 0 Å². The second-order valence-electron chi connectivity index (χ2n) is 5.52. The summed E-state index contributed by atoms with van der Waals surface area (Å²) in [5.41, 5.74) is 2.00. The maximum absolute atomic E-state index is 10.9. The van der Waals surface area contributed by atoms with E-state index in [4.69, 9.17) is 0 Å². The quantitative estimate of drug-likeness (QED) is 0.607. The number of nitrogens with zero attached hydrogens (tertiary/aromatic N) is 3. The first-order valence-corrected chi connectivity index (χ1v) is 6.62. The number of hydrogen-bond acceptors (Lipinski definition) is 4. The lowest BCUT2D eigenvalue weighted by atomic mass is 10.1. The van der Waals surface area contributed by atoms with Gasteiger partial charge in [-0.15, -0.1) is 0 Å². The second-order valence-corrected chi connectivity index (χ2v) is 5.52. The van der Waals surface area contributed by atoms with Crippen LogP contribution < -0.4 is 4.90 Å². The molecule has 1 aliphatic heterocycles. The molecule has 0 amide bonds. The maximum Gasteiger partial charge on any atom is 0.272 e. The zero-order valence-corrected chi connectivity index (χ0v) is 12.0. The molecule has 1 aromatic carbocycles. The summed E-state index contributed by atoms with van der Waals surface area (Å²) in [6.45, 7) is 8.16. The lowest BCUT2D eigenvalue weighted by molar-refractivity contribution is -0.385. The molecule has 5 heteroatoms. The van der Waals surface area contributed by atoms with Gasteiger partial charge in [-0.1, -0.05) is 0 Å². The monoisotopic (exact) mass is 263 g/mol. The van der Waals surface area contributed by atoms with E-state index in [0.717, 1.165) is 24.3 Å². The topological polar surface area (TPSA) is 49.6 Å². The number of nitro benzene ring substituents is 1. The molecule has 0 bridgehead atoms. The number of rotatable bonds is 2. The number of nitro groups is 1. The molecule has 19 heavy (non-hydrogen) atoms. The van der Waals surface area contributed by atoms with Gasteiger partial charge in [-0.05, 0) is 40.0 Å². The van der Waals surface area contributed by atoms with Gasteiger partial charge >= 0.3 is 0 Å². The van der Waals surface area contributed by atoms with Crippen molar-refractivity contribution in [3.63, 3.8) is 0 Å². The Bertz CT molecular complexity index is 490. The minimum atomic E-state index is -0.324. The Morgan fingerprint density at radius 1 is 1.26 bits per heavy atom. The van der Waals surface area contributed by atoms with Crippen LogP contribution in [0.5, 0.6) is 0 Å². The van der Waals surface area contributed by atoms with Crippen molar-refractivity contribution in [3.8, 4) is 0 Å². The van der Waals surface area contributed by atoms with Crippen LogP contribution in [0, 0.1) is 17.0 Å². The molecule has 5 nitrogen and oxygen atoms in total. The van der Waals surface area contributed by atoms with Crippen molar-refractivity contribution in [1.29, 1.82) is 0 Å². The van der Waals surface area contributed by atoms with E-state index in [1.165, 1.54) is 0 Å². The van der Waals surface area contributed by atoms with E-state index >= 15 is 0 Å². The molecule has 0 N–H and O–H groups in total. The fraction of sp³-hybridized carbons (Fsp3) is 0.571. The summed E-state index contributed by atoms with van der Waals surface area (Å²) in [4.78, 5) is 15.2. The van der Waals surface area contributed by atoms with Crippen molar-refractivity contribution in [1.82, 2.24) is 4.90 Å². The molecular weight excluding hydrogens is 242 g/mol. The number of likely N-dealkylation sites (N-methyl/N-ethyl adjacent to an activating group) is 1. The average Bonchev–Trinajstić information content (AvgIpc) is 2.33. The average molecular weight is 263 g/mol. The van der Waals surface area contributed by atoms with E-state index in [2.05, 4.69) is 30.7 Å². The lowest BCUT2D eigenvalue weighted by Gasteiger charge is -2.43. The van der Waals surface area contributed by atoms with Gasteiger partial charge in [0.2, 0.25) is 0 Å². The first kappa shape index (κ1) is 13.8. The molecule has 0 saturated carbocycles. The molecule has 0 unspecified atom stereocenters. The molecular formula is C14H21N3O2. The Kier molecular flexibility index (Phi) is 3.75. The van der Waals surface area contributed by atoms with Crippen molar-refractivity contribution in [2.24, 2.45) is 0 Å². The van der Waals surface area contributed by atoms with Gasteiger partial charge in [-0.2, -0.15) is 0 Å². The summed E-state index contributed by atoms with van der Waals surface area (Å²) < 4.78 is 0. The summed E-state index contributed by atoms with van der Waals surface area (Å²) in [6.07, 6.45) is 0. The van der Waals surface area contributed by atoms with E-state index in [1.807, 2.05) is 12.1 Å². The van der Waals surface area contributed by atoms with Gasteiger partial charge in [0.25, 0.3) is 5.69 Å². The Balaban J connectivity index is 2.27. The van der Waals surface area contributed by atoms with Gasteiger partial charge in [0, 0.05) is 42.5 Å². The van der Waals surface area contributed by atoms with Crippen LogP contribution in [0.3, 0.4) is 0 Å². The maximum atomic E-state index is 10.9. The number of anilines is 1. The Morgan fingerprint density at radius 2 is 1.95 bits per heavy atom. The molecule has 2 atom stereocenters. The van der Waals surface area contributed by atoms with Crippen LogP contribution in [0.1, 0.15) is 19.4 Å².